The molecule has 0 saturated carbocycles. The smallest absolute Gasteiger partial charge is 0.234 e. The van der Waals surface area contributed by atoms with Gasteiger partial charge in [0.1, 0.15) is 0 Å². The molecule has 0 aliphatic rings. The molecule has 0 spiro atoms. The van der Waals surface area contributed by atoms with Crippen molar-refractivity contribution in [1.29, 1.82) is 0 Å². The van der Waals surface area contributed by atoms with Crippen molar-refractivity contribution in [3.63, 3.8) is 0 Å². The van der Waals surface area contributed by atoms with Gasteiger partial charge in [-0.3, -0.25) is 4.79 Å². The van der Waals surface area contributed by atoms with Gasteiger partial charge in [-0.1, -0.05) is 51.4 Å². The molecule has 9 heteroatoms. The van der Waals surface area contributed by atoms with Gasteiger partial charge in [-0.05, 0) is 42.8 Å². The monoisotopic (exact) mass is 451 g/mol. The van der Waals surface area contributed by atoms with Crippen LogP contribution in [0.3, 0.4) is 0 Å². The Hall–Kier alpha value is -2.03. The number of aromatic nitrogens is 3. The lowest BCUT2D eigenvalue weighted by atomic mass is 10.2. The van der Waals surface area contributed by atoms with E-state index in [9.17, 15) is 4.79 Å². The lowest BCUT2D eigenvalue weighted by molar-refractivity contribution is -0.113. The largest absolute Gasteiger partial charge is 0.335 e. The summed E-state index contributed by atoms with van der Waals surface area (Å²) in [5, 5.41) is 12.0. The zero-order valence-electron chi connectivity index (χ0n) is 13.7. The van der Waals surface area contributed by atoms with Crippen LogP contribution < -0.4 is 11.2 Å². The Morgan fingerprint density at radius 2 is 2.08 bits per heavy atom. The van der Waals surface area contributed by atoms with Crippen LogP contribution in [0.25, 0.3) is 11.4 Å². The van der Waals surface area contributed by atoms with E-state index in [4.69, 9.17) is 17.4 Å². The molecule has 0 aliphatic heterocycles. The predicted octanol–water partition coefficient (Wildman–Crippen LogP) is 4.11. The highest BCUT2D eigenvalue weighted by atomic mass is 79.9. The topological polar surface area (TPSA) is 85.8 Å². The summed E-state index contributed by atoms with van der Waals surface area (Å²) in [5.74, 6) is 6.52. The van der Waals surface area contributed by atoms with E-state index in [1.165, 1.54) is 16.4 Å². The number of carbonyl (C=O) groups is 1. The molecule has 0 atom stereocenters. The number of aryl methyl sites for hydroxylation is 1. The lowest BCUT2D eigenvalue weighted by Crippen LogP contribution is -2.17. The second-order valence-corrected chi connectivity index (χ2v) is 7.72. The Kier molecular flexibility index (Phi) is 5.85. The number of carbonyl (C=O) groups excluding carboxylic acids is 1. The number of nitrogens with zero attached hydrogens (tertiary/aromatic N) is 3. The normalized spacial score (nSPS) is 10.7. The highest BCUT2D eigenvalue weighted by Gasteiger charge is 2.16. The van der Waals surface area contributed by atoms with E-state index >= 15 is 0 Å². The molecule has 1 amide bonds. The van der Waals surface area contributed by atoms with Crippen LogP contribution in [-0.4, -0.2) is 26.5 Å². The molecule has 1 aromatic heterocycles. The van der Waals surface area contributed by atoms with Gasteiger partial charge in [0.15, 0.2) is 5.82 Å². The Morgan fingerprint density at radius 1 is 1.31 bits per heavy atom. The summed E-state index contributed by atoms with van der Waals surface area (Å²) in [6.07, 6.45) is 0. The van der Waals surface area contributed by atoms with Crippen LogP contribution in [0.5, 0.6) is 0 Å². The van der Waals surface area contributed by atoms with Crippen molar-refractivity contribution in [1.82, 2.24) is 14.9 Å². The SMILES string of the molecule is Cc1cc(Br)ccc1NC(=O)CSc1nnc(-c2ccccc2Cl)n1N. The third kappa shape index (κ3) is 4.20. The van der Waals surface area contributed by atoms with Crippen molar-refractivity contribution in [2.24, 2.45) is 0 Å². The number of hydrogen-bond donors (Lipinski definition) is 2. The molecule has 0 saturated heterocycles. The van der Waals surface area contributed by atoms with Gasteiger partial charge >= 0.3 is 0 Å². The quantitative estimate of drug-likeness (QED) is 0.449. The van der Waals surface area contributed by atoms with Gasteiger partial charge in [0, 0.05) is 15.7 Å². The molecular formula is C17H15BrClN5OS. The van der Waals surface area contributed by atoms with Crippen LogP contribution in [-0.2, 0) is 4.79 Å². The molecule has 3 N–H and O–H groups in total. The van der Waals surface area contributed by atoms with Crippen molar-refractivity contribution in [2.75, 3.05) is 16.9 Å². The highest BCUT2D eigenvalue weighted by molar-refractivity contribution is 9.10. The van der Waals surface area contributed by atoms with E-state index in [2.05, 4.69) is 31.4 Å². The van der Waals surface area contributed by atoms with Crippen LogP contribution in [0.4, 0.5) is 5.69 Å². The molecule has 2 aromatic carbocycles. The Morgan fingerprint density at radius 3 is 2.81 bits per heavy atom. The number of benzene rings is 2. The van der Waals surface area contributed by atoms with E-state index < -0.39 is 0 Å². The van der Waals surface area contributed by atoms with Crippen molar-refractivity contribution in [3.8, 4) is 11.4 Å². The maximum absolute atomic E-state index is 12.2. The second kappa shape index (κ2) is 8.11. The van der Waals surface area contributed by atoms with Crippen LogP contribution >= 0.6 is 39.3 Å². The summed E-state index contributed by atoms with van der Waals surface area (Å²) in [6, 6.07) is 12.9. The molecule has 3 rings (SSSR count). The van der Waals surface area contributed by atoms with Gasteiger partial charge < -0.3 is 11.2 Å². The van der Waals surface area contributed by atoms with Gasteiger partial charge in [-0.2, -0.15) is 0 Å². The van der Waals surface area contributed by atoms with E-state index in [1.54, 1.807) is 6.07 Å². The van der Waals surface area contributed by atoms with Gasteiger partial charge in [0.05, 0.1) is 10.8 Å². The fourth-order valence-corrected chi connectivity index (χ4v) is 3.64. The number of amides is 1. The number of nitrogens with one attached hydrogen (secondary N) is 1. The van der Waals surface area contributed by atoms with Crippen molar-refractivity contribution in [3.05, 3.63) is 57.5 Å². The lowest BCUT2D eigenvalue weighted by Gasteiger charge is -2.08. The summed E-state index contributed by atoms with van der Waals surface area (Å²) < 4.78 is 2.30. The summed E-state index contributed by atoms with van der Waals surface area (Å²) in [5.41, 5.74) is 2.43. The first-order valence-corrected chi connectivity index (χ1v) is 9.75. The zero-order valence-corrected chi connectivity index (χ0v) is 16.9. The number of rotatable bonds is 5. The average Bonchev–Trinajstić information content (AvgIpc) is 2.97. The van der Waals surface area contributed by atoms with E-state index in [-0.39, 0.29) is 11.7 Å². The third-order valence-electron chi connectivity index (χ3n) is 3.57. The number of hydrogen-bond acceptors (Lipinski definition) is 5. The number of thioether (sulfide) groups is 1. The predicted molar refractivity (Wildman–Crippen MR) is 109 cm³/mol. The second-order valence-electron chi connectivity index (χ2n) is 5.45. The van der Waals surface area contributed by atoms with Gasteiger partial charge in [-0.25, -0.2) is 4.68 Å². The summed E-state index contributed by atoms with van der Waals surface area (Å²) in [4.78, 5) is 12.2. The molecule has 0 unspecified atom stereocenters. The molecule has 0 aliphatic carbocycles. The van der Waals surface area contributed by atoms with Crippen LogP contribution in [0.15, 0.2) is 52.1 Å². The Labute approximate surface area is 168 Å². The van der Waals surface area contributed by atoms with Crippen LogP contribution in [0.2, 0.25) is 5.02 Å². The highest BCUT2D eigenvalue weighted by Crippen LogP contribution is 2.27. The first-order valence-electron chi connectivity index (χ1n) is 7.60. The van der Waals surface area contributed by atoms with E-state index in [0.29, 0.717) is 21.6 Å². The molecule has 1 heterocycles. The first-order chi connectivity index (χ1) is 12.5. The average molecular weight is 453 g/mol. The number of nitrogens with two attached hydrogens (primary N) is 1. The van der Waals surface area contributed by atoms with Crippen molar-refractivity contribution >= 4 is 50.9 Å². The summed E-state index contributed by atoms with van der Waals surface area (Å²) in [7, 11) is 0. The Bertz CT molecular complexity index is 962. The summed E-state index contributed by atoms with van der Waals surface area (Å²) in [6.45, 7) is 1.93. The Balaban J connectivity index is 1.67. The number of anilines is 1. The maximum atomic E-state index is 12.2. The van der Waals surface area contributed by atoms with Crippen molar-refractivity contribution in [2.45, 2.75) is 12.1 Å². The third-order valence-corrected chi connectivity index (χ3v) is 5.34. The fourth-order valence-electron chi connectivity index (χ4n) is 2.29. The minimum Gasteiger partial charge on any atom is -0.335 e. The van der Waals surface area contributed by atoms with Crippen molar-refractivity contribution < 1.29 is 4.79 Å². The minimum absolute atomic E-state index is 0.150. The standard InChI is InChI=1S/C17H15BrClN5OS/c1-10-8-11(18)6-7-14(10)21-15(25)9-26-17-23-22-16(24(17)20)12-4-2-3-5-13(12)19/h2-8H,9,20H2,1H3,(H,21,25). The van der Waals surface area contributed by atoms with Crippen LogP contribution in [0.1, 0.15) is 5.56 Å². The van der Waals surface area contributed by atoms with E-state index in [0.717, 1.165) is 15.7 Å². The molecule has 0 fully saturated rings. The molecule has 0 bridgehead atoms. The fraction of sp³-hybridized carbons (Fsp3) is 0.118. The molecule has 26 heavy (non-hydrogen) atoms. The zero-order chi connectivity index (χ0) is 18.7. The molecule has 134 valence electrons. The van der Waals surface area contributed by atoms with Gasteiger partial charge in [-0.15, -0.1) is 10.2 Å². The number of halogens is 2. The van der Waals surface area contributed by atoms with Gasteiger partial charge in [0.25, 0.3) is 0 Å². The van der Waals surface area contributed by atoms with Crippen LogP contribution in [0, 0.1) is 6.92 Å². The maximum Gasteiger partial charge on any atom is 0.234 e. The minimum atomic E-state index is -0.150. The molecule has 3 aromatic rings. The number of nitrogen functional groups attached to an aromatic ring is 1. The molecular weight excluding hydrogens is 438 g/mol. The first kappa shape index (κ1) is 18.8. The van der Waals surface area contributed by atoms with Gasteiger partial charge in [0.2, 0.25) is 11.1 Å². The summed E-state index contributed by atoms with van der Waals surface area (Å²) >= 11 is 10.8. The molecule has 0 radical (unpaired) electrons. The molecule has 6 nitrogen and oxygen atoms in total. The van der Waals surface area contributed by atoms with E-state index in [1.807, 2.05) is 43.3 Å².